The molecule has 0 heterocycles. The standard InChI is InChI=1S/C7H13IO3/c1-10-7(11-9)5-3-2-4-6(7)8/h6,9H,2-5H2,1H3. The summed E-state index contributed by atoms with van der Waals surface area (Å²) in [5.41, 5.74) is 0. The van der Waals surface area contributed by atoms with E-state index in [1.54, 1.807) is 7.11 Å². The van der Waals surface area contributed by atoms with E-state index in [2.05, 4.69) is 27.5 Å². The molecule has 1 N–H and O–H groups in total. The monoisotopic (exact) mass is 272 g/mol. The molecule has 1 aliphatic rings. The third-order valence-corrected chi connectivity index (χ3v) is 3.78. The van der Waals surface area contributed by atoms with E-state index >= 15 is 0 Å². The van der Waals surface area contributed by atoms with E-state index in [1.807, 2.05) is 0 Å². The van der Waals surface area contributed by atoms with Gasteiger partial charge in [0.15, 0.2) is 0 Å². The molecule has 1 fully saturated rings. The molecule has 0 aliphatic heterocycles. The van der Waals surface area contributed by atoms with Crippen LogP contribution in [0.25, 0.3) is 0 Å². The van der Waals surface area contributed by atoms with Gasteiger partial charge in [-0.2, -0.15) is 0 Å². The molecule has 11 heavy (non-hydrogen) atoms. The Balaban J connectivity index is 2.61. The van der Waals surface area contributed by atoms with Gasteiger partial charge in [0.05, 0.1) is 3.92 Å². The van der Waals surface area contributed by atoms with E-state index in [0.717, 1.165) is 19.3 Å². The first-order valence-corrected chi connectivity index (χ1v) is 5.01. The second kappa shape index (κ2) is 4.02. The minimum Gasteiger partial charge on any atom is -0.350 e. The predicted octanol–water partition coefficient (Wildman–Crippen LogP) is 2.20. The van der Waals surface area contributed by atoms with Gasteiger partial charge in [-0.15, -0.1) is 0 Å². The summed E-state index contributed by atoms with van der Waals surface area (Å²) in [6.45, 7) is 0. The maximum absolute atomic E-state index is 8.68. The van der Waals surface area contributed by atoms with Crippen LogP contribution < -0.4 is 0 Å². The Morgan fingerprint density at radius 1 is 1.55 bits per heavy atom. The topological polar surface area (TPSA) is 38.7 Å². The van der Waals surface area contributed by atoms with Crippen molar-refractivity contribution in [2.24, 2.45) is 0 Å². The van der Waals surface area contributed by atoms with Gasteiger partial charge >= 0.3 is 0 Å². The van der Waals surface area contributed by atoms with Crippen LogP contribution in [0, 0.1) is 0 Å². The van der Waals surface area contributed by atoms with Crippen LogP contribution in [0.1, 0.15) is 25.7 Å². The fourth-order valence-electron chi connectivity index (χ4n) is 1.44. The van der Waals surface area contributed by atoms with E-state index in [9.17, 15) is 0 Å². The van der Waals surface area contributed by atoms with Crippen molar-refractivity contribution in [3.05, 3.63) is 0 Å². The average molecular weight is 272 g/mol. The van der Waals surface area contributed by atoms with Crippen LogP contribution in [0.15, 0.2) is 0 Å². The van der Waals surface area contributed by atoms with Crippen LogP contribution >= 0.6 is 22.6 Å². The van der Waals surface area contributed by atoms with E-state index in [1.165, 1.54) is 6.42 Å². The van der Waals surface area contributed by atoms with Crippen LogP contribution in [-0.2, 0) is 9.62 Å². The van der Waals surface area contributed by atoms with Crippen molar-refractivity contribution in [2.45, 2.75) is 35.4 Å². The van der Waals surface area contributed by atoms with Gasteiger partial charge in [-0.05, 0) is 12.8 Å². The van der Waals surface area contributed by atoms with Crippen molar-refractivity contribution < 1.29 is 14.9 Å². The molecule has 4 heteroatoms. The van der Waals surface area contributed by atoms with Crippen molar-refractivity contribution >= 4 is 22.6 Å². The zero-order valence-electron chi connectivity index (χ0n) is 6.55. The number of alkyl halides is 1. The lowest BCUT2D eigenvalue weighted by molar-refractivity contribution is -0.401. The van der Waals surface area contributed by atoms with Crippen LogP contribution in [0.3, 0.4) is 0 Å². The van der Waals surface area contributed by atoms with E-state index in [-0.39, 0.29) is 3.92 Å². The van der Waals surface area contributed by atoms with Crippen molar-refractivity contribution in [2.75, 3.05) is 7.11 Å². The molecule has 0 saturated heterocycles. The minimum absolute atomic E-state index is 0.254. The SMILES string of the molecule is COC1(OO)CCCCC1I. The van der Waals surface area contributed by atoms with Crippen molar-refractivity contribution in [1.82, 2.24) is 0 Å². The van der Waals surface area contributed by atoms with Gasteiger partial charge in [-0.3, -0.25) is 0 Å². The summed E-state index contributed by atoms with van der Waals surface area (Å²) >= 11 is 2.26. The lowest BCUT2D eigenvalue weighted by Gasteiger charge is -2.36. The Hall–Kier alpha value is 0.610. The first-order valence-electron chi connectivity index (χ1n) is 3.77. The quantitative estimate of drug-likeness (QED) is 0.275. The summed E-state index contributed by atoms with van der Waals surface area (Å²) in [6.07, 6.45) is 4.10. The summed E-state index contributed by atoms with van der Waals surface area (Å²) < 4.78 is 5.41. The minimum atomic E-state index is -0.737. The number of rotatable bonds is 2. The van der Waals surface area contributed by atoms with Gasteiger partial charge in [0.2, 0.25) is 5.79 Å². The van der Waals surface area contributed by atoms with Crippen LogP contribution in [0.5, 0.6) is 0 Å². The van der Waals surface area contributed by atoms with Gasteiger partial charge in [0, 0.05) is 13.5 Å². The first kappa shape index (κ1) is 9.70. The van der Waals surface area contributed by atoms with E-state index in [4.69, 9.17) is 9.99 Å². The lowest BCUT2D eigenvalue weighted by Crippen LogP contribution is -2.45. The highest BCUT2D eigenvalue weighted by molar-refractivity contribution is 14.1. The molecule has 0 amide bonds. The molecular weight excluding hydrogens is 259 g/mol. The first-order chi connectivity index (χ1) is 5.25. The molecule has 1 saturated carbocycles. The zero-order chi connectivity index (χ0) is 8.32. The predicted molar refractivity (Wildman–Crippen MR) is 49.7 cm³/mol. The molecule has 0 bridgehead atoms. The molecule has 3 nitrogen and oxygen atoms in total. The van der Waals surface area contributed by atoms with Gasteiger partial charge in [0.1, 0.15) is 0 Å². The van der Waals surface area contributed by atoms with Crippen LogP contribution in [0.4, 0.5) is 0 Å². The summed E-state index contributed by atoms with van der Waals surface area (Å²) in [5, 5.41) is 8.68. The number of hydrogen-bond acceptors (Lipinski definition) is 3. The number of hydrogen-bond donors (Lipinski definition) is 1. The molecule has 1 aliphatic carbocycles. The molecule has 0 spiro atoms. The van der Waals surface area contributed by atoms with Crippen LogP contribution in [-0.4, -0.2) is 22.1 Å². The van der Waals surface area contributed by atoms with Crippen LogP contribution in [0.2, 0.25) is 0 Å². The maximum Gasteiger partial charge on any atom is 0.212 e. The number of ether oxygens (including phenoxy) is 1. The Kier molecular flexibility index (Phi) is 3.54. The van der Waals surface area contributed by atoms with Crippen molar-refractivity contribution in [3.8, 4) is 0 Å². The highest BCUT2D eigenvalue weighted by atomic mass is 127. The number of halogens is 1. The summed E-state index contributed by atoms with van der Waals surface area (Å²) in [6, 6.07) is 0. The molecule has 0 aromatic rings. The molecular formula is C7H13IO3. The smallest absolute Gasteiger partial charge is 0.212 e. The largest absolute Gasteiger partial charge is 0.350 e. The molecule has 0 radical (unpaired) electrons. The Morgan fingerprint density at radius 2 is 2.27 bits per heavy atom. The maximum atomic E-state index is 8.68. The normalized spacial score (nSPS) is 39.0. The summed E-state index contributed by atoms with van der Waals surface area (Å²) in [4.78, 5) is 4.41. The fraction of sp³-hybridized carbons (Fsp3) is 1.00. The third kappa shape index (κ3) is 1.85. The zero-order valence-corrected chi connectivity index (χ0v) is 8.70. The van der Waals surface area contributed by atoms with E-state index < -0.39 is 5.79 Å². The summed E-state index contributed by atoms with van der Waals surface area (Å²) in [5.74, 6) is -0.737. The fourth-order valence-corrected chi connectivity index (χ4v) is 2.56. The molecule has 1 rings (SSSR count). The second-order valence-corrected chi connectivity index (χ2v) is 4.32. The highest BCUT2D eigenvalue weighted by Crippen LogP contribution is 2.36. The molecule has 2 atom stereocenters. The molecule has 0 aromatic heterocycles. The lowest BCUT2D eigenvalue weighted by atomic mass is 9.94. The molecule has 66 valence electrons. The van der Waals surface area contributed by atoms with Gasteiger partial charge < -0.3 is 4.74 Å². The van der Waals surface area contributed by atoms with Gasteiger partial charge in [-0.1, -0.05) is 29.0 Å². The van der Waals surface area contributed by atoms with Gasteiger partial charge in [0.25, 0.3) is 0 Å². The Morgan fingerprint density at radius 3 is 2.64 bits per heavy atom. The highest BCUT2D eigenvalue weighted by Gasteiger charge is 2.41. The molecule has 2 unspecified atom stereocenters. The van der Waals surface area contributed by atoms with Gasteiger partial charge in [-0.25, -0.2) is 10.1 Å². The Bertz CT molecular complexity index is 125. The Labute approximate surface area is 80.1 Å². The average Bonchev–Trinajstić information content (AvgIpc) is 2.06. The van der Waals surface area contributed by atoms with Crippen molar-refractivity contribution in [3.63, 3.8) is 0 Å². The second-order valence-electron chi connectivity index (χ2n) is 2.82. The summed E-state index contributed by atoms with van der Waals surface area (Å²) in [7, 11) is 1.58. The van der Waals surface area contributed by atoms with Crippen molar-refractivity contribution in [1.29, 1.82) is 0 Å². The van der Waals surface area contributed by atoms with E-state index in [0.29, 0.717) is 0 Å². The number of methoxy groups -OCH3 is 1. The third-order valence-electron chi connectivity index (χ3n) is 2.21. The molecule has 0 aromatic carbocycles.